The third-order valence-corrected chi connectivity index (χ3v) is 3.55. The summed E-state index contributed by atoms with van der Waals surface area (Å²) < 4.78 is 0. The first-order valence-corrected chi connectivity index (χ1v) is 5.38. The van der Waals surface area contributed by atoms with Gasteiger partial charge >= 0.3 is 0 Å². The molecule has 1 rings (SSSR count). The van der Waals surface area contributed by atoms with Crippen molar-refractivity contribution in [2.75, 3.05) is 0 Å². The smallest absolute Gasteiger partial charge is 0.211 e. The molecule has 0 aromatic rings. The van der Waals surface area contributed by atoms with Crippen LogP contribution in [0, 0.1) is 5.92 Å². The van der Waals surface area contributed by atoms with Gasteiger partial charge in [-0.15, -0.1) is 0 Å². The summed E-state index contributed by atoms with van der Waals surface area (Å²) in [5.74, 6) is 0.604. The van der Waals surface area contributed by atoms with Crippen molar-refractivity contribution in [2.24, 2.45) is 10.9 Å². The van der Waals surface area contributed by atoms with Crippen molar-refractivity contribution in [1.29, 1.82) is 0 Å². The standard InChI is InChI=1S/C11H19NO/c1-3-10-7-5-6-8-11(10,4-2)12-9-13/h10H,3-8H2,1-2H3. The van der Waals surface area contributed by atoms with Gasteiger partial charge in [0.1, 0.15) is 0 Å². The fourth-order valence-electron chi connectivity index (χ4n) is 2.66. The minimum atomic E-state index is -0.0608. The van der Waals surface area contributed by atoms with Crippen LogP contribution < -0.4 is 0 Å². The average molecular weight is 181 g/mol. The van der Waals surface area contributed by atoms with Crippen LogP contribution in [0.15, 0.2) is 4.99 Å². The van der Waals surface area contributed by atoms with Crippen LogP contribution in [0.5, 0.6) is 0 Å². The first-order valence-electron chi connectivity index (χ1n) is 5.38. The molecule has 1 fully saturated rings. The molecule has 0 saturated heterocycles. The van der Waals surface area contributed by atoms with E-state index in [1.165, 1.54) is 19.3 Å². The Hall–Kier alpha value is -0.620. The van der Waals surface area contributed by atoms with E-state index in [1.54, 1.807) is 6.08 Å². The van der Waals surface area contributed by atoms with Crippen molar-refractivity contribution in [3.05, 3.63) is 0 Å². The quantitative estimate of drug-likeness (QED) is 0.486. The largest absolute Gasteiger partial charge is 0.235 e. The monoisotopic (exact) mass is 181 g/mol. The van der Waals surface area contributed by atoms with Crippen LogP contribution in [0.4, 0.5) is 0 Å². The van der Waals surface area contributed by atoms with Gasteiger partial charge in [0.15, 0.2) is 0 Å². The summed E-state index contributed by atoms with van der Waals surface area (Å²) in [4.78, 5) is 14.5. The summed E-state index contributed by atoms with van der Waals surface area (Å²) in [5.41, 5.74) is -0.0608. The Labute approximate surface area is 80.4 Å². The third kappa shape index (κ3) is 2.00. The lowest BCUT2D eigenvalue weighted by Crippen LogP contribution is -2.37. The molecule has 2 atom stereocenters. The zero-order valence-corrected chi connectivity index (χ0v) is 8.68. The van der Waals surface area contributed by atoms with Crippen molar-refractivity contribution >= 4 is 6.08 Å². The maximum atomic E-state index is 10.4. The summed E-state index contributed by atoms with van der Waals surface area (Å²) >= 11 is 0. The SMILES string of the molecule is CCC1CCCCC1(CC)N=C=O. The van der Waals surface area contributed by atoms with Crippen LogP contribution in [0.2, 0.25) is 0 Å². The van der Waals surface area contributed by atoms with E-state index in [1.807, 2.05) is 0 Å². The van der Waals surface area contributed by atoms with E-state index in [4.69, 9.17) is 0 Å². The van der Waals surface area contributed by atoms with E-state index >= 15 is 0 Å². The molecule has 0 radical (unpaired) electrons. The zero-order chi connectivity index (χ0) is 9.73. The predicted molar refractivity (Wildman–Crippen MR) is 53.4 cm³/mol. The molecule has 13 heavy (non-hydrogen) atoms. The summed E-state index contributed by atoms with van der Waals surface area (Å²) in [6.07, 6.45) is 8.72. The first-order chi connectivity index (χ1) is 6.29. The van der Waals surface area contributed by atoms with Crippen molar-refractivity contribution < 1.29 is 4.79 Å². The molecule has 0 heterocycles. The number of isocyanates is 1. The number of hydrogen-bond donors (Lipinski definition) is 0. The highest BCUT2D eigenvalue weighted by Crippen LogP contribution is 2.40. The zero-order valence-electron chi connectivity index (χ0n) is 8.68. The van der Waals surface area contributed by atoms with Gasteiger partial charge in [-0.05, 0) is 25.2 Å². The molecule has 1 saturated carbocycles. The van der Waals surface area contributed by atoms with Gasteiger partial charge in [-0.3, -0.25) is 0 Å². The van der Waals surface area contributed by atoms with Gasteiger partial charge in [0.05, 0.1) is 5.54 Å². The molecule has 0 N–H and O–H groups in total. The maximum Gasteiger partial charge on any atom is 0.235 e. The second-order valence-electron chi connectivity index (χ2n) is 4.01. The lowest BCUT2D eigenvalue weighted by atomic mass is 9.70. The number of aliphatic imine (C=N–C) groups is 1. The fourth-order valence-corrected chi connectivity index (χ4v) is 2.66. The summed E-state index contributed by atoms with van der Waals surface area (Å²) in [6.45, 7) is 4.33. The molecular weight excluding hydrogens is 162 g/mol. The van der Waals surface area contributed by atoms with Gasteiger partial charge in [0.25, 0.3) is 0 Å². The highest BCUT2D eigenvalue weighted by molar-refractivity contribution is 5.35. The van der Waals surface area contributed by atoms with E-state index in [2.05, 4.69) is 18.8 Å². The molecule has 74 valence electrons. The highest BCUT2D eigenvalue weighted by atomic mass is 16.1. The topological polar surface area (TPSA) is 29.4 Å². The molecule has 1 aliphatic rings. The summed E-state index contributed by atoms with van der Waals surface area (Å²) in [5, 5.41) is 0. The molecule has 0 amide bonds. The third-order valence-electron chi connectivity index (χ3n) is 3.55. The van der Waals surface area contributed by atoms with Gasteiger partial charge in [-0.25, -0.2) is 4.79 Å². The molecule has 0 spiro atoms. The molecule has 0 aromatic heterocycles. The van der Waals surface area contributed by atoms with Crippen LogP contribution in [0.3, 0.4) is 0 Å². The maximum absolute atomic E-state index is 10.4. The lowest BCUT2D eigenvalue weighted by Gasteiger charge is -2.39. The number of carbonyl (C=O) groups excluding carboxylic acids is 1. The molecule has 2 unspecified atom stereocenters. The molecule has 1 aliphatic carbocycles. The minimum absolute atomic E-state index is 0.0608. The highest BCUT2D eigenvalue weighted by Gasteiger charge is 2.37. The van der Waals surface area contributed by atoms with Crippen LogP contribution in [-0.2, 0) is 4.79 Å². The van der Waals surface area contributed by atoms with E-state index in [-0.39, 0.29) is 5.54 Å². The molecule has 0 bridgehead atoms. The Morgan fingerprint density at radius 2 is 2.23 bits per heavy atom. The van der Waals surface area contributed by atoms with Gasteiger partial charge in [-0.1, -0.05) is 33.1 Å². The number of nitrogens with zero attached hydrogens (tertiary/aromatic N) is 1. The average Bonchev–Trinajstić information content (AvgIpc) is 2.19. The normalized spacial score (nSPS) is 33.8. The van der Waals surface area contributed by atoms with E-state index in [0.29, 0.717) is 5.92 Å². The fraction of sp³-hybridized carbons (Fsp3) is 0.909. The van der Waals surface area contributed by atoms with Gasteiger partial charge in [0, 0.05) is 0 Å². The van der Waals surface area contributed by atoms with Crippen LogP contribution in [0.1, 0.15) is 52.4 Å². The Morgan fingerprint density at radius 1 is 1.46 bits per heavy atom. The molecule has 2 heteroatoms. The van der Waals surface area contributed by atoms with Gasteiger partial charge < -0.3 is 0 Å². The Bertz CT molecular complexity index is 208. The van der Waals surface area contributed by atoms with E-state index in [0.717, 1.165) is 19.3 Å². The second kappa shape index (κ2) is 4.57. The van der Waals surface area contributed by atoms with Crippen LogP contribution in [-0.4, -0.2) is 11.6 Å². The molecule has 0 aliphatic heterocycles. The number of hydrogen-bond acceptors (Lipinski definition) is 2. The van der Waals surface area contributed by atoms with E-state index in [9.17, 15) is 4.79 Å². The van der Waals surface area contributed by atoms with Crippen LogP contribution in [0.25, 0.3) is 0 Å². The predicted octanol–water partition coefficient (Wildman–Crippen LogP) is 3.07. The summed E-state index contributed by atoms with van der Waals surface area (Å²) in [6, 6.07) is 0. The molecule has 0 aromatic carbocycles. The Morgan fingerprint density at radius 3 is 2.77 bits per heavy atom. The Balaban J connectivity index is 2.84. The molecular formula is C11H19NO. The van der Waals surface area contributed by atoms with Crippen molar-refractivity contribution in [3.8, 4) is 0 Å². The molecule has 2 nitrogen and oxygen atoms in total. The lowest BCUT2D eigenvalue weighted by molar-refractivity contribution is 0.179. The van der Waals surface area contributed by atoms with Crippen LogP contribution >= 0.6 is 0 Å². The minimum Gasteiger partial charge on any atom is -0.211 e. The van der Waals surface area contributed by atoms with Crippen molar-refractivity contribution in [3.63, 3.8) is 0 Å². The second-order valence-corrected chi connectivity index (χ2v) is 4.01. The van der Waals surface area contributed by atoms with Crippen molar-refractivity contribution in [1.82, 2.24) is 0 Å². The number of rotatable bonds is 3. The van der Waals surface area contributed by atoms with Gasteiger partial charge in [0.2, 0.25) is 6.08 Å². The first kappa shape index (κ1) is 10.5. The van der Waals surface area contributed by atoms with Crippen molar-refractivity contribution in [2.45, 2.75) is 57.9 Å². The summed E-state index contributed by atoms with van der Waals surface area (Å²) in [7, 11) is 0. The van der Waals surface area contributed by atoms with E-state index < -0.39 is 0 Å². The van der Waals surface area contributed by atoms with Gasteiger partial charge in [-0.2, -0.15) is 4.99 Å². The Kier molecular flexibility index (Phi) is 3.68.